The zero-order valence-electron chi connectivity index (χ0n) is 23.1. The molecule has 2 heterocycles. The first-order chi connectivity index (χ1) is 18.6. The summed E-state index contributed by atoms with van der Waals surface area (Å²) in [6.07, 6.45) is 1.75. The van der Waals surface area contributed by atoms with E-state index in [9.17, 15) is 4.79 Å². The Bertz CT molecular complexity index is 1190. The molecule has 0 bridgehead atoms. The van der Waals surface area contributed by atoms with Crippen molar-refractivity contribution in [3.05, 3.63) is 77.5 Å². The highest BCUT2D eigenvalue weighted by atomic mass is 16.5. The van der Waals surface area contributed by atoms with E-state index >= 15 is 0 Å². The van der Waals surface area contributed by atoms with Crippen LogP contribution < -0.4 is 4.90 Å². The number of anilines is 1. The van der Waals surface area contributed by atoms with E-state index in [0.717, 1.165) is 68.3 Å². The topological polar surface area (TPSA) is 53.8 Å². The van der Waals surface area contributed by atoms with Crippen molar-refractivity contribution >= 4 is 11.7 Å². The minimum atomic E-state index is 0.0565. The lowest BCUT2D eigenvalue weighted by atomic mass is 10.1. The summed E-state index contributed by atoms with van der Waals surface area (Å²) in [4.78, 5) is 20.9. The number of carbonyl (C=O) groups is 1. The van der Waals surface area contributed by atoms with Gasteiger partial charge in [0.25, 0.3) is 0 Å². The first kappa shape index (κ1) is 26.4. The highest BCUT2D eigenvalue weighted by Gasteiger charge is 2.45. The molecule has 0 unspecified atom stereocenters. The van der Waals surface area contributed by atoms with E-state index in [-0.39, 0.29) is 11.8 Å². The van der Waals surface area contributed by atoms with Crippen LogP contribution in [0.1, 0.15) is 42.5 Å². The van der Waals surface area contributed by atoms with E-state index < -0.39 is 0 Å². The number of aromatic nitrogens is 2. The first-order valence-corrected chi connectivity index (χ1v) is 14.0. The second kappa shape index (κ2) is 12.1. The molecule has 38 heavy (non-hydrogen) atoms. The van der Waals surface area contributed by atoms with Gasteiger partial charge in [0, 0.05) is 57.9 Å². The van der Waals surface area contributed by atoms with Crippen LogP contribution in [0.2, 0.25) is 0 Å². The smallest absolute Gasteiger partial charge is 0.226 e. The standard InChI is InChI=1S/C31H41N5O2/c1-4-33-17-19-34(20-18-33)30-29(24(2)32-36(30)26-14-9-6-10-15-26)23-35(16-11-21-38-3)31(37)28-22-27(28)25-12-7-5-8-13-25/h5-10,12-15,27-28H,4,11,16-23H2,1-3H3/t27-,28-/m0/s1. The second-order valence-electron chi connectivity index (χ2n) is 10.5. The minimum absolute atomic E-state index is 0.0565. The number of likely N-dealkylation sites (N-methyl/N-ethyl adjacent to an activating group) is 1. The van der Waals surface area contributed by atoms with Crippen molar-refractivity contribution in [3.63, 3.8) is 0 Å². The van der Waals surface area contributed by atoms with Crippen LogP contribution in [0, 0.1) is 12.8 Å². The van der Waals surface area contributed by atoms with Gasteiger partial charge in [0.1, 0.15) is 5.82 Å². The third-order valence-corrected chi connectivity index (χ3v) is 8.05. The largest absolute Gasteiger partial charge is 0.385 e. The Morgan fingerprint density at radius 1 is 1.03 bits per heavy atom. The molecule has 2 aliphatic rings. The summed E-state index contributed by atoms with van der Waals surface area (Å²) in [5.74, 6) is 1.76. The second-order valence-corrected chi connectivity index (χ2v) is 10.5. The van der Waals surface area contributed by atoms with E-state index in [1.165, 1.54) is 5.56 Å². The van der Waals surface area contributed by atoms with Gasteiger partial charge < -0.3 is 19.4 Å². The molecule has 1 aromatic heterocycles. The van der Waals surface area contributed by atoms with Crippen LogP contribution >= 0.6 is 0 Å². The van der Waals surface area contributed by atoms with E-state index in [0.29, 0.717) is 25.6 Å². The Morgan fingerprint density at radius 2 is 1.71 bits per heavy atom. The lowest BCUT2D eigenvalue weighted by Gasteiger charge is -2.36. The number of benzene rings is 2. The highest BCUT2D eigenvalue weighted by Crippen LogP contribution is 2.48. The number of carbonyl (C=O) groups excluding carboxylic acids is 1. The number of amides is 1. The predicted molar refractivity (Wildman–Crippen MR) is 152 cm³/mol. The maximum absolute atomic E-state index is 13.9. The first-order valence-electron chi connectivity index (χ1n) is 14.0. The normalized spacial score (nSPS) is 19.5. The molecule has 1 amide bonds. The third-order valence-electron chi connectivity index (χ3n) is 8.05. The van der Waals surface area contributed by atoms with E-state index in [1.54, 1.807) is 7.11 Å². The van der Waals surface area contributed by atoms with Gasteiger partial charge in [0.15, 0.2) is 0 Å². The van der Waals surface area contributed by atoms with E-state index in [4.69, 9.17) is 9.84 Å². The van der Waals surface area contributed by atoms with Gasteiger partial charge in [-0.1, -0.05) is 55.5 Å². The average molecular weight is 516 g/mol. The average Bonchev–Trinajstić information content (AvgIpc) is 3.71. The van der Waals surface area contributed by atoms with Gasteiger partial charge in [0.05, 0.1) is 17.9 Å². The molecule has 202 valence electrons. The summed E-state index contributed by atoms with van der Waals surface area (Å²) < 4.78 is 7.44. The molecule has 5 rings (SSSR count). The summed E-state index contributed by atoms with van der Waals surface area (Å²) >= 11 is 0. The summed E-state index contributed by atoms with van der Waals surface area (Å²) in [5, 5.41) is 5.03. The minimum Gasteiger partial charge on any atom is -0.385 e. The van der Waals surface area contributed by atoms with Gasteiger partial charge in [0.2, 0.25) is 5.91 Å². The van der Waals surface area contributed by atoms with E-state index in [1.807, 2.05) is 12.1 Å². The van der Waals surface area contributed by atoms with Gasteiger partial charge >= 0.3 is 0 Å². The Morgan fingerprint density at radius 3 is 2.37 bits per heavy atom. The zero-order valence-corrected chi connectivity index (χ0v) is 23.1. The van der Waals surface area contributed by atoms with Crippen molar-refractivity contribution in [2.75, 3.05) is 57.9 Å². The molecule has 0 spiro atoms. The van der Waals surface area contributed by atoms with Crippen molar-refractivity contribution < 1.29 is 9.53 Å². The molecule has 2 aromatic carbocycles. The molecule has 7 nitrogen and oxygen atoms in total. The number of ether oxygens (including phenoxy) is 1. The molecule has 7 heteroatoms. The number of piperazine rings is 1. The van der Waals surface area contributed by atoms with Crippen LogP contribution in [0.3, 0.4) is 0 Å². The number of hydrogen-bond acceptors (Lipinski definition) is 5. The molecule has 2 atom stereocenters. The number of rotatable bonds is 11. The Balaban J connectivity index is 1.44. The number of para-hydroxylation sites is 1. The maximum Gasteiger partial charge on any atom is 0.226 e. The van der Waals surface area contributed by atoms with Crippen LogP contribution in [0.5, 0.6) is 0 Å². The summed E-state index contributed by atoms with van der Waals surface area (Å²) in [6, 6.07) is 20.8. The van der Waals surface area contributed by atoms with Gasteiger partial charge in [-0.15, -0.1) is 0 Å². The number of methoxy groups -OCH3 is 1. The van der Waals surface area contributed by atoms with Gasteiger partial charge in [-0.2, -0.15) is 5.10 Å². The van der Waals surface area contributed by atoms with Crippen LogP contribution in [-0.2, 0) is 16.1 Å². The molecular formula is C31H41N5O2. The fraction of sp³-hybridized carbons (Fsp3) is 0.484. The summed E-state index contributed by atoms with van der Waals surface area (Å²) in [7, 11) is 1.72. The SMILES string of the molecule is CCN1CCN(c2c(CN(CCCOC)C(=O)[C@H]3C[C@H]3c3ccccc3)c(C)nn2-c2ccccc2)CC1. The molecule has 1 saturated heterocycles. The Kier molecular flexibility index (Phi) is 8.45. The lowest BCUT2D eigenvalue weighted by molar-refractivity contribution is -0.133. The summed E-state index contributed by atoms with van der Waals surface area (Å²) in [6.45, 7) is 11.3. The molecule has 2 fully saturated rings. The third kappa shape index (κ3) is 5.79. The highest BCUT2D eigenvalue weighted by molar-refractivity contribution is 5.83. The van der Waals surface area contributed by atoms with Crippen LogP contribution in [0.15, 0.2) is 60.7 Å². The Labute approximate surface area is 227 Å². The quantitative estimate of drug-likeness (QED) is 0.352. The molecule has 1 aliphatic carbocycles. The van der Waals surface area contributed by atoms with Crippen molar-refractivity contribution in [1.82, 2.24) is 19.6 Å². The molecule has 0 radical (unpaired) electrons. The van der Waals surface area contributed by atoms with Crippen LogP contribution in [-0.4, -0.2) is 78.5 Å². The molecular weight excluding hydrogens is 474 g/mol. The zero-order chi connectivity index (χ0) is 26.5. The Hall–Kier alpha value is -3.16. The molecule has 3 aromatic rings. The summed E-state index contributed by atoms with van der Waals surface area (Å²) in [5.41, 5.74) is 4.46. The van der Waals surface area contributed by atoms with E-state index in [2.05, 4.69) is 81.8 Å². The number of aryl methyl sites for hydroxylation is 1. The fourth-order valence-corrected chi connectivity index (χ4v) is 5.71. The van der Waals surface area contributed by atoms with Crippen LogP contribution in [0.4, 0.5) is 5.82 Å². The van der Waals surface area contributed by atoms with Crippen molar-refractivity contribution in [1.29, 1.82) is 0 Å². The monoisotopic (exact) mass is 515 g/mol. The van der Waals surface area contributed by atoms with Gasteiger partial charge in [-0.25, -0.2) is 4.68 Å². The van der Waals surface area contributed by atoms with Gasteiger partial charge in [-0.05, 0) is 49.9 Å². The predicted octanol–water partition coefficient (Wildman–Crippen LogP) is 4.49. The fourth-order valence-electron chi connectivity index (χ4n) is 5.71. The van der Waals surface area contributed by atoms with Crippen molar-refractivity contribution in [2.45, 2.75) is 39.2 Å². The lowest BCUT2D eigenvalue weighted by Crippen LogP contribution is -2.47. The van der Waals surface area contributed by atoms with Crippen molar-refractivity contribution in [3.8, 4) is 5.69 Å². The number of hydrogen-bond donors (Lipinski definition) is 0. The molecule has 1 aliphatic heterocycles. The van der Waals surface area contributed by atoms with Crippen LogP contribution in [0.25, 0.3) is 5.69 Å². The molecule has 0 N–H and O–H groups in total. The van der Waals surface area contributed by atoms with Crippen molar-refractivity contribution in [2.24, 2.45) is 5.92 Å². The molecule has 1 saturated carbocycles. The maximum atomic E-state index is 13.9. The van der Waals surface area contributed by atoms with Gasteiger partial charge in [-0.3, -0.25) is 4.79 Å². The number of nitrogens with zero attached hydrogens (tertiary/aromatic N) is 5.